The molecule has 0 aliphatic rings. The smallest absolute Gasteiger partial charge is 0.508 e. The molecule has 1 rings (SSSR count). The zero-order chi connectivity index (χ0) is 9.14. The molecule has 1 unspecified atom stereocenters. The highest BCUT2D eigenvalue weighted by atomic mass is 31.1. The van der Waals surface area contributed by atoms with Gasteiger partial charge in [-0.2, -0.15) is 0 Å². The van der Waals surface area contributed by atoms with E-state index in [0.717, 1.165) is 12.1 Å². The number of hydrogen-bond acceptors (Lipinski definition) is 4. The van der Waals surface area contributed by atoms with Crippen molar-refractivity contribution in [3.63, 3.8) is 0 Å². The van der Waals surface area contributed by atoms with Crippen molar-refractivity contribution in [2.24, 2.45) is 0 Å². The lowest BCUT2D eigenvalue weighted by atomic mass is 10.3. The van der Waals surface area contributed by atoms with E-state index in [-0.39, 0.29) is 17.2 Å². The molecule has 0 bridgehead atoms. The molecule has 12 heavy (non-hydrogen) atoms. The van der Waals surface area contributed by atoms with Crippen molar-refractivity contribution in [2.75, 3.05) is 0 Å². The van der Waals surface area contributed by atoms with E-state index in [9.17, 15) is 4.57 Å². The lowest BCUT2D eigenvalue weighted by Crippen LogP contribution is -1.80. The molecule has 0 aliphatic carbocycles. The Morgan fingerprint density at radius 3 is 2.58 bits per heavy atom. The highest BCUT2D eigenvalue weighted by molar-refractivity contribution is 7.32. The van der Waals surface area contributed by atoms with Crippen LogP contribution in [-0.4, -0.2) is 15.1 Å². The summed E-state index contributed by atoms with van der Waals surface area (Å²) in [5.41, 5.74) is 0. The van der Waals surface area contributed by atoms with Crippen LogP contribution >= 0.6 is 8.25 Å². The van der Waals surface area contributed by atoms with Crippen LogP contribution < -0.4 is 4.52 Å². The summed E-state index contributed by atoms with van der Waals surface area (Å²) < 4.78 is 14.4. The second kappa shape index (κ2) is 3.38. The molecule has 0 aromatic heterocycles. The Kier molecular flexibility index (Phi) is 2.47. The van der Waals surface area contributed by atoms with E-state index >= 15 is 0 Å². The predicted molar refractivity (Wildman–Crippen MR) is 40.2 cm³/mol. The standard InChI is InChI=1S/C6H5O5P/c7-4-1-2-5(8)6(3-4)11-12(9)10/h1-3H,(H2-,7,8,9,10)/p+1. The Hall–Kier alpha value is -1.32. The summed E-state index contributed by atoms with van der Waals surface area (Å²) in [5, 5.41) is 17.9. The third-order valence-electron chi connectivity index (χ3n) is 1.12. The van der Waals surface area contributed by atoms with Gasteiger partial charge in [-0.15, -0.1) is 4.89 Å². The van der Waals surface area contributed by atoms with E-state index in [1.165, 1.54) is 6.07 Å². The van der Waals surface area contributed by atoms with Crippen LogP contribution in [0.5, 0.6) is 17.2 Å². The van der Waals surface area contributed by atoms with Crippen LogP contribution in [0.4, 0.5) is 0 Å². The van der Waals surface area contributed by atoms with E-state index < -0.39 is 8.25 Å². The first-order valence-corrected chi connectivity index (χ1v) is 4.08. The molecule has 0 fully saturated rings. The molecular formula is C6H6O5P+. The third kappa shape index (κ3) is 2.08. The lowest BCUT2D eigenvalue weighted by Gasteiger charge is -1.96. The first kappa shape index (κ1) is 8.77. The number of phenolic OH excluding ortho intramolecular Hbond substituents is 2. The quantitative estimate of drug-likeness (QED) is 0.479. The highest BCUT2D eigenvalue weighted by Gasteiger charge is 2.17. The van der Waals surface area contributed by atoms with Crippen molar-refractivity contribution in [1.82, 2.24) is 0 Å². The minimum Gasteiger partial charge on any atom is -0.508 e. The van der Waals surface area contributed by atoms with E-state index in [1.54, 1.807) is 0 Å². The summed E-state index contributed by atoms with van der Waals surface area (Å²) >= 11 is 0. The molecule has 0 radical (unpaired) electrons. The SMILES string of the molecule is O=[P+](O)Oc1cc(O)ccc1O. The summed E-state index contributed by atoms with van der Waals surface area (Å²) in [7, 11) is -2.83. The van der Waals surface area contributed by atoms with E-state index in [0.29, 0.717) is 0 Å². The second-order valence-electron chi connectivity index (χ2n) is 1.98. The fourth-order valence-corrected chi connectivity index (χ4v) is 0.975. The van der Waals surface area contributed by atoms with Gasteiger partial charge in [-0.05, 0) is 12.1 Å². The molecule has 0 amide bonds. The van der Waals surface area contributed by atoms with Gasteiger partial charge in [0.2, 0.25) is 5.75 Å². The topological polar surface area (TPSA) is 87.0 Å². The molecule has 0 saturated carbocycles. The predicted octanol–water partition coefficient (Wildman–Crippen LogP) is 1.13. The Balaban J connectivity index is 2.97. The van der Waals surface area contributed by atoms with Crippen molar-refractivity contribution in [1.29, 1.82) is 0 Å². The van der Waals surface area contributed by atoms with Crippen molar-refractivity contribution in [3.05, 3.63) is 18.2 Å². The monoisotopic (exact) mass is 189 g/mol. The molecular weight excluding hydrogens is 183 g/mol. The fraction of sp³-hybridized carbons (Fsp3) is 0. The van der Waals surface area contributed by atoms with Crippen LogP contribution in [0.1, 0.15) is 0 Å². The maximum absolute atomic E-state index is 10.2. The third-order valence-corrected chi connectivity index (χ3v) is 1.47. The molecule has 6 heteroatoms. The van der Waals surface area contributed by atoms with E-state index in [1.807, 2.05) is 0 Å². The first-order chi connectivity index (χ1) is 5.59. The Bertz CT molecular complexity index is 311. The van der Waals surface area contributed by atoms with Crippen molar-refractivity contribution >= 4 is 8.25 Å². The molecule has 1 aromatic carbocycles. The first-order valence-electron chi connectivity index (χ1n) is 2.95. The largest absolute Gasteiger partial charge is 0.747 e. The zero-order valence-electron chi connectivity index (χ0n) is 5.84. The summed E-state index contributed by atoms with van der Waals surface area (Å²) in [4.78, 5) is 8.32. The summed E-state index contributed by atoms with van der Waals surface area (Å²) in [6, 6.07) is 3.43. The molecule has 0 aliphatic heterocycles. The number of hydrogen-bond donors (Lipinski definition) is 3. The van der Waals surface area contributed by atoms with Gasteiger partial charge >= 0.3 is 8.25 Å². The average molecular weight is 189 g/mol. The maximum Gasteiger partial charge on any atom is 0.747 e. The van der Waals surface area contributed by atoms with Gasteiger partial charge in [0, 0.05) is 10.6 Å². The minimum absolute atomic E-state index is 0.153. The van der Waals surface area contributed by atoms with Crippen molar-refractivity contribution in [3.8, 4) is 17.2 Å². The molecule has 0 saturated heterocycles. The van der Waals surface area contributed by atoms with Crippen LogP contribution in [-0.2, 0) is 4.57 Å². The van der Waals surface area contributed by atoms with E-state index in [4.69, 9.17) is 15.1 Å². The molecule has 0 heterocycles. The van der Waals surface area contributed by atoms with E-state index in [2.05, 4.69) is 4.52 Å². The second-order valence-corrected chi connectivity index (χ2v) is 2.64. The molecule has 1 atom stereocenters. The van der Waals surface area contributed by atoms with Crippen LogP contribution in [0.25, 0.3) is 0 Å². The molecule has 1 aromatic rings. The summed E-state index contributed by atoms with van der Waals surface area (Å²) in [5.74, 6) is -0.677. The molecule has 3 N–H and O–H groups in total. The van der Waals surface area contributed by atoms with Crippen LogP contribution in [0.3, 0.4) is 0 Å². The number of benzene rings is 1. The molecule has 64 valence electrons. The maximum atomic E-state index is 10.2. The van der Waals surface area contributed by atoms with Crippen molar-refractivity contribution < 1.29 is 24.2 Å². The van der Waals surface area contributed by atoms with Crippen molar-refractivity contribution in [2.45, 2.75) is 0 Å². The van der Waals surface area contributed by atoms with Gasteiger partial charge in [0.25, 0.3) is 0 Å². The van der Waals surface area contributed by atoms with Crippen LogP contribution in [0.15, 0.2) is 18.2 Å². The average Bonchev–Trinajstić information content (AvgIpc) is 1.96. The lowest BCUT2D eigenvalue weighted by molar-refractivity contribution is 0.386. The normalized spacial score (nSPS) is 10.9. The Morgan fingerprint density at radius 1 is 1.33 bits per heavy atom. The van der Waals surface area contributed by atoms with Gasteiger partial charge < -0.3 is 10.2 Å². The molecule has 5 nitrogen and oxygen atoms in total. The summed E-state index contributed by atoms with van der Waals surface area (Å²) in [6.45, 7) is 0. The van der Waals surface area contributed by atoms with Gasteiger partial charge in [-0.25, -0.2) is 4.52 Å². The van der Waals surface area contributed by atoms with Gasteiger partial charge in [0.1, 0.15) is 5.75 Å². The Morgan fingerprint density at radius 2 is 2.00 bits per heavy atom. The Labute approximate surface area is 68.8 Å². The van der Waals surface area contributed by atoms with Crippen LogP contribution in [0.2, 0.25) is 0 Å². The van der Waals surface area contributed by atoms with Gasteiger partial charge in [0.05, 0.1) is 0 Å². The van der Waals surface area contributed by atoms with Gasteiger partial charge in [-0.3, -0.25) is 0 Å². The van der Waals surface area contributed by atoms with Gasteiger partial charge in [0.15, 0.2) is 5.75 Å². The number of phenols is 2. The number of rotatable bonds is 2. The fourth-order valence-electron chi connectivity index (χ4n) is 0.660. The zero-order valence-corrected chi connectivity index (χ0v) is 6.73. The minimum atomic E-state index is -2.83. The number of aromatic hydroxyl groups is 2. The summed E-state index contributed by atoms with van der Waals surface area (Å²) in [6.07, 6.45) is 0. The highest BCUT2D eigenvalue weighted by Crippen LogP contribution is 2.34. The van der Waals surface area contributed by atoms with Crippen LogP contribution in [0, 0.1) is 0 Å². The molecule has 0 spiro atoms. The van der Waals surface area contributed by atoms with Gasteiger partial charge in [-0.1, -0.05) is 0 Å².